The Morgan fingerprint density at radius 2 is 2.16 bits per heavy atom. The molecule has 0 aromatic carbocycles. The molecule has 0 aliphatic carbocycles. The molecule has 19 heavy (non-hydrogen) atoms. The van der Waals surface area contributed by atoms with Gasteiger partial charge in [0.1, 0.15) is 24.0 Å². The zero-order valence-electron chi connectivity index (χ0n) is 11.5. The Morgan fingerprint density at radius 3 is 2.79 bits per heavy atom. The van der Waals surface area contributed by atoms with Gasteiger partial charge in [-0.3, -0.25) is 4.79 Å². The van der Waals surface area contributed by atoms with E-state index in [-0.39, 0.29) is 17.9 Å². The van der Waals surface area contributed by atoms with Crippen molar-refractivity contribution in [2.75, 3.05) is 17.2 Å². The average molecular weight is 263 g/mol. The van der Waals surface area contributed by atoms with Crippen molar-refractivity contribution in [2.45, 2.75) is 45.1 Å². The summed E-state index contributed by atoms with van der Waals surface area (Å²) in [5.41, 5.74) is 12.4. The normalized spacial score (nSPS) is 19.7. The van der Waals surface area contributed by atoms with Crippen LogP contribution < -0.4 is 16.4 Å². The zero-order chi connectivity index (χ0) is 14.0. The fourth-order valence-electron chi connectivity index (χ4n) is 2.66. The van der Waals surface area contributed by atoms with Crippen LogP contribution in [-0.4, -0.2) is 28.5 Å². The van der Waals surface area contributed by atoms with Gasteiger partial charge in [-0.15, -0.1) is 0 Å². The highest BCUT2D eigenvalue weighted by Crippen LogP contribution is 2.32. The van der Waals surface area contributed by atoms with Crippen molar-refractivity contribution in [3.63, 3.8) is 0 Å². The van der Waals surface area contributed by atoms with Crippen LogP contribution in [0.25, 0.3) is 0 Å². The number of nitrogens with two attached hydrogens (primary N) is 2. The third kappa shape index (κ3) is 2.62. The second-order valence-electron chi connectivity index (χ2n) is 5.26. The van der Waals surface area contributed by atoms with E-state index in [9.17, 15) is 4.79 Å². The number of piperidine rings is 1. The minimum absolute atomic E-state index is 0.201. The van der Waals surface area contributed by atoms with Crippen LogP contribution >= 0.6 is 0 Å². The van der Waals surface area contributed by atoms with Crippen molar-refractivity contribution < 1.29 is 4.79 Å². The first-order chi connectivity index (χ1) is 9.02. The molecular formula is C13H21N5O. The molecule has 0 saturated carbocycles. The second-order valence-corrected chi connectivity index (χ2v) is 5.26. The SMILES string of the molecule is CC(C)c1c(N)ncnc1N1CCCCC1C(N)=O. The van der Waals surface area contributed by atoms with Crippen LogP contribution in [0.4, 0.5) is 11.6 Å². The predicted molar refractivity (Wildman–Crippen MR) is 74.7 cm³/mol. The van der Waals surface area contributed by atoms with Gasteiger partial charge in [0, 0.05) is 12.1 Å². The number of primary amides is 1. The maximum Gasteiger partial charge on any atom is 0.240 e. The Morgan fingerprint density at radius 1 is 1.42 bits per heavy atom. The minimum Gasteiger partial charge on any atom is -0.383 e. The molecule has 1 atom stereocenters. The molecule has 1 aliphatic heterocycles. The van der Waals surface area contributed by atoms with E-state index in [0.29, 0.717) is 5.82 Å². The van der Waals surface area contributed by atoms with Crippen molar-refractivity contribution in [3.05, 3.63) is 11.9 Å². The van der Waals surface area contributed by atoms with Gasteiger partial charge in [0.2, 0.25) is 5.91 Å². The summed E-state index contributed by atoms with van der Waals surface area (Å²) in [7, 11) is 0. The summed E-state index contributed by atoms with van der Waals surface area (Å²) in [6.07, 6.45) is 4.27. The molecule has 1 saturated heterocycles. The van der Waals surface area contributed by atoms with Gasteiger partial charge in [0.15, 0.2) is 0 Å². The molecule has 1 aromatic rings. The lowest BCUT2D eigenvalue weighted by Crippen LogP contribution is -2.48. The summed E-state index contributed by atoms with van der Waals surface area (Å²) in [6.45, 7) is 4.87. The lowest BCUT2D eigenvalue weighted by molar-refractivity contribution is -0.119. The highest BCUT2D eigenvalue weighted by molar-refractivity contribution is 5.84. The number of hydrogen-bond acceptors (Lipinski definition) is 5. The van der Waals surface area contributed by atoms with Gasteiger partial charge >= 0.3 is 0 Å². The fourth-order valence-corrected chi connectivity index (χ4v) is 2.66. The van der Waals surface area contributed by atoms with Gasteiger partial charge < -0.3 is 16.4 Å². The molecule has 1 aromatic heterocycles. The quantitative estimate of drug-likeness (QED) is 0.848. The van der Waals surface area contributed by atoms with Gasteiger partial charge in [-0.05, 0) is 25.2 Å². The number of nitrogen functional groups attached to an aromatic ring is 1. The Labute approximate surface area is 113 Å². The van der Waals surface area contributed by atoms with Gasteiger partial charge in [-0.25, -0.2) is 9.97 Å². The first-order valence-electron chi connectivity index (χ1n) is 6.68. The minimum atomic E-state index is -0.299. The van der Waals surface area contributed by atoms with E-state index in [2.05, 4.69) is 9.97 Å². The number of nitrogens with zero attached hydrogens (tertiary/aromatic N) is 3. The van der Waals surface area contributed by atoms with Crippen molar-refractivity contribution in [1.82, 2.24) is 9.97 Å². The molecule has 0 bridgehead atoms. The predicted octanol–water partition coefficient (Wildman–Crippen LogP) is 1.03. The van der Waals surface area contributed by atoms with Crippen LogP contribution in [0.1, 0.15) is 44.6 Å². The summed E-state index contributed by atoms with van der Waals surface area (Å²) in [6, 6.07) is -0.291. The Kier molecular flexibility index (Phi) is 3.87. The Balaban J connectivity index is 2.44. The van der Waals surface area contributed by atoms with Crippen LogP contribution in [0.15, 0.2) is 6.33 Å². The summed E-state index contributed by atoms with van der Waals surface area (Å²) < 4.78 is 0. The van der Waals surface area contributed by atoms with Crippen LogP contribution in [0, 0.1) is 0 Å². The molecule has 6 nitrogen and oxygen atoms in total. The number of carbonyl (C=O) groups is 1. The number of anilines is 2. The summed E-state index contributed by atoms with van der Waals surface area (Å²) in [4.78, 5) is 22.0. The van der Waals surface area contributed by atoms with Crippen molar-refractivity contribution in [2.24, 2.45) is 5.73 Å². The molecule has 4 N–H and O–H groups in total. The molecule has 1 aliphatic rings. The van der Waals surface area contributed by atoms with E-state index in [1.165, 1.54) is 6.33 Å². The van der Waals surface area contributed by atoms with Crippen molar-refractivity contribution >= 4 is 17.5 Å². The number of amides is 1. The molecule has 1 amide bonds. The largest absolute Gasteiger partial charge is 0.383 e. The topological polar surface area (TPSA) is 98.1 Å². The molecule has 6 heteroatoms. The molecule has 0 radical (unpaired) electrons. The van der Waals surface area contributed by atoms with E-state index in [4.69, 9.17) is 11.5 Å². The number of hydrogen-bond donors (Lipinski definition) is 2. The van der Waals surface area contributed by atoms with Crippen LogP contribution in [0.3, 0.4) is 0 Å². The molecule has 2 rings (SSSR count). The monoisotopic (exact) mass is 263 g/mol. The summed E-state index contributed by atoms with van der Waals surface area (Å²) >= 11 is 0. The van der Waals surface area contributed by atoms with Crippen molar-refractivity contribution in [1.29, 1.82) is 0 Å². The van der Waals surface area contributed by atoms with Gasteiger partial charge in [-0.1, -0.05) is 13.8 Å². The van der Waals surface area contributed by atoms with E-state index in [0.717, 1.165) is 37.2 Å². The van der Waals surface area contributed by atoms with E-state index in [1.807, 2.05) is 18.7 Å². The van der Waals surface area contributed by atoms with Crippen molar-refractivity contribution in [3.8, 4) is 0 Å². The second kappa shape index (κ2) is 5.42. The van der Waals surface area contributed by atoms with Crippen LogP contribution in [-0.2, 0) is 4.79 Å². The smallest absolute Gasteiger partial charge is 0.240 e. The molecule has 0 spiro atoms. The Bertz CT molecular complexity index is 474. The first-order valence-corrected chi connectivity index (χ1v) is 6.68. The van der Waals surface area contributed by atoms with Crippen LogP contribution in [0.2, 0.25) is 0 Å². The summed E-state index contributed by atoms with van der Waals surface area (Å²) in [5, 5.41) is 0. The molecule has 104 valence electrons. The van der Waals surface area contributed by atoms with Gasteiger partial charge in [0.05, 0.1) is 0 Å². The molecule has 1 fully saturated rings. The zero-order valence-corrected chi connectivity index (χ0v) is 11.5. The maximum absolute atomic E-state index is 11.6. The van der Waals surface area contributed by atoms with Crippen LogP contribution in [0.5, 0.6) is 0 Å². The third-order valence-electron chi connectivity index (χ3n) is 3.57. The van der Waals surface area contributed by atoms with E-state index >= 15 is 0 Å². The summed E-state index contributed by atoms with van der Waals surface area (Å²) in [5.74, 6) is 1.14. The number of rotatable bonds is 3. The highest BCUT2D eigenvalue weighted by atomic mass is 16.1. The Hall–Kier alpha value is -1.85. The number of aromatic nitrogens is 2. The van der Waals surface area contributed by atoms with E-state index < -0.39 is 0 Å². The van der Waals surface area contributed by atoms with E-state index in [1.54, 1.807) is 0 Å². The maximum atomic E-state index is 11.6. The lowest BCUT2D eigenvalue weighted by atomic mass is 9.98. The highest BCUT2D eigenvalue weighted by Gasteiger charge is 2.30. The molecule has 2 heterocycles. The first kappa shape index (κ1) is 13.6. The van der Waals surface area contributed by atoms with Gasteiger partial charge in [0.25, 0.3) is 0 Å². The average Bonchev–Trinajstić information content (AvgIpc) is 2.37. The third-order valence-corrected chi connectivity index (χ3v) is 3.57. The fraction of sp³-hybridized carbons (Fsp3) is 0.615. The van der Waals surface area contributed by atoms with Gasteiger partial charge in [-0.2, -0.15) is 0 Å². The lowest BCUT2D eigenvalue weighted by Gasteiger charge is -2.36. The molecule has 1 unspecified atom stereocenters. The number of carbonyl (C=O) groups excluding carboxylic acids is 1. The molecular weight excluding hydrogens is 242 g/mol. The standard InChI is InChI=1S/C13H21N5O/c1-8(2)10-11(14)16-7-17-13(10)18-6-4-3-5-9(18)12(15)19/h7-9H,3-6H2,1-2H3,(H2,15,19)(H2,14,16,17).